The van der Waals surface area contributed by atoms with Crippen molar-refractivity contribution >= 4 is 18.2 Å². The van der Waals surface area contributed by atoms with Gasteiger partial charge >= 0.3 is 21.8 Å². The zero-order valence-corrected chi connectivity index (χ0v) is 7.75. The SMILES string of the molecule is C1=NSCC1.[O]=[Zn]. The van der Waals surface area contributed by atoms with Crippen molar-refractivity contribution in [2.75, 3.05) is 5.75 Å². The molecule has 0 aromatic heterocycles. The minimum atomic E-state index is 0.125. The molecule has 0 spiro atoms. The average molecular weight is 169 g/mol. The molecule has 1 rings (SSSR count). The Morgan fingerprint density at radius 1 is 1.71 bits per heavy atom. The van der Waals surface area contributed by atoms with Crippen LogP contribution in [-0.2, 0) is 21.8 Å². The molecular weight excluding hydrogens is 163 g/mol. The quantitative estimate of drug-likeness (QED) is 0.399. The van der Waals surface area contributed by atoms with Crippen LogP contribution in [0.3, 0.4) is 0 Å². The number of nitrogens with zero attached hydrogens (tertiary/aromatic N) is 1. The summed E-state index contributed by atoms with van der Waals surface area (Å²) in [5.74, 6) is 1.19. The van der Waals surface area contributed by atoms with Gasteiger partial charge in [0.2, 0.25) is 0 Å². The third-order valence-electron chi connectivity index (χ3n) is 0.487. The van der Waals surface area contributed by atoms with Gasteiger partial charge in [0.25, 0.3) is 0 Å². The normalized spacial score (nSPS) is 15.7. The van der Waals surface area contributed by atoms with Gasteiger partial charge in [-0.2, -0.15) is 0 Å². The molecule has 0 radical (unpaired) electrons. The fraction of sp³-hybridized carbons (Fsp3) is 0.667. The van der Waals surface area contributed by atoms with Crippen LogP contribution in [0.2, 0.25) is 0 Å². The Labute approximate surface area is 56.9 Å². The van der Waals surface area contributed by atoms with Crippen LogP contribution in [0.5, 0.6) is 0 Å². The van der Waals surface area contributed by atoms with E-state index in [2.05, 4.69) is 4.40 Å². The molecule has 7 heavy (non-hydrogen) atoms. The maximum atomic E-state index is 8.38. The van der Waals surface area contributed by atoms with E-state index in [0.29, 0.717) is 0 Å². The second kappa shape index (κ2) is 6.44. The topological polar surface area (TPSA) is 29.4 Å². The molecule has 0 aliphatic carbocycles. The van der Waals surface area contributed by atoms with Crippen molar-refractivity contribution in [1.82, 2.24) is 0 Å². The summed E-state index contributed by atoms with van der Waals surface area (Å²) in [6, 6.07) is 0. The van der Waals surface area contributed by atoms with Crippen LogP contribution in [-0.4, -0.2) is 12.0 Å². The van der Waals surface area contributed by atoms with Gasteiger partial charge in [0.1, 0.15) is 0 Å². The Hall–Kier alpha value is 0.443. The van der Waals surface area contributed by atoms with Crippen molar-refractivity contribution in [2.24, 2.45) is 4.40 Å². The van der Waals surface area contributed by atoms with Crippen LogP contribution < -0.4 is 0 Å². The Morgan fingerprint density at radius 2 is 2.43 bits per heavy atom. The van der Waals surface area contributed by atoms with E-state index in [1.54, 1.807) is 11.9 Å². The van der Waals surface area contributed by atoms with E-state index >= 15 is 0 Å². The molecule has 1 aliphatic heterocycles. The summed E-state index contributed by atoms with van der Waals surface area (Å²) in [4.78, 5) is 0. The predicted molar refractivity (Wildman–Crippen MR) is 26.3 cm³/mol. The fourth-order valence-corrected chi connectivity index (χ4v) is 0.791. The fourth-order valence-electron chi connectivity index (χ4n) is 0.264. The number of rotatable bonds is 0. The van der Waals surface area contributed by atoms with Crippen molar-refractivity contribution in [3.05, 3.63) is 0 Å². The molecule has 0 bridgehead atoms. The molecule has 36 valence electrons. The monoisotopic (exact) mass is 167 g/mol. The summed E-state index contributed by atoms with van der Waals surface area (Å²) in [6.07, 6.45) is 3.12. The molecule has 0 atom stereocenters. The molecule has 0 saturated heterocycles. The van der Waals surface area contributed by atoms with Gasteiger partial charge in [-0.25, -0.2) is 4.40 Å². The van der Waals surface area contributed by atoms with Crippen LogP contribution in [0.4, 0.5) is 0 Å². The van der Waals surface area contributed by atoms with E-state index in [1.165, 1.54) is 12.2 Å². The Morgan fingerprint density at radius 3 is 2.57 bits per heavy atom. The minimum absolute atomic E-state index is 0.125. The first-order valence-corrected chi connectivity index (χ1v) is 4.08. The van der Waals surface area contributed by atoms with Gasteiger partial charge in [-0.15, -0.1) is 0 Å². The zero-order valence-electron chi connectivity index (χ0n) is 3.96. The van der Waals surface area contributed by atoms with Gasteiger partial charge in [-0.05, 0) is 18.4 Å². The Balaban J connectivity index is 0.000000162. The van der Waals surface area contributed by atoms with E-state index in [-0.39, 0.29) is 18.3 Å². The third kappa shape index (κ3) is 4.29. The molecule has 0 amide bonds. The number of hydrogen-bond donors (Lipinski definition) is 0. The van der Waals surface area contributed by atoms with E-state index in [4.69, 9.17) is 3.57 Å². The standard InChI is InChI=1S/C3H5NS.O.Zn/c1-2-4-5-3-1;;/h2H,1,3H2;;. The third-order valence-corrected chi connectivity index (χ3v) is 1.20. The first kappa shape index (κ1) is 7.44. The maximum absolute atomic E-state index is 8.38. The van der Waals surface area contributed by atoms with Gasteiger partial charge in [-0.3, -0.25) is 0 Å². The van der Waals surface area contributed by atoms with Gasteiger partial charge < -0.3 is 0 Å². The van der Waals surface area contributed by atoms with Crippen LogP contribution in [0.1, 0.15) is 6.42 Å². The summed E-state index contributed by atoms with van der Waals surface area (Å²) in [5.41, 5.74) is 0. The molecule has 0 fully saturated rings. The number of hydrogen-bond acceptors (Lipinski definition) is 3. The molecule has 0 N–H and O–H groups in total. The van der Waals surface area contributed by atoms with Crippen molar-refractivity contribution in [1.29, 1.82) is 0 Å². The van der Waals surface area contributed by atoms with Gasteiger partial charge in [-0.1, -0.05) is 0 Å². The van der Waals surface area contributed by atoms with Crippen molar-refractivity contribution in [3.63, 3.8) is 0 Å². The summed E-state index contributed by atoms with van der Waals surface area (Å²) in [6.45, 7) is 0. The van der Waals surface area contributed by atoms with Crippen molar-refractivity contribution < 1.29 is 21.8 Å². The van der Waals surface area contributed by atoms with E-state index in [9.17, 15) is 0 Å². The molecular formula is C3H5NOSZn. The average Bonchev–Trinajstić information content (AvgIpc) is 2.23. The first-order chi connectivity index (χ1) is 3.50. The van der Waals surface area contributed by atoms with Gasteiger partial charge in [0.15, 0.2) is 0 Å². The second-order valence-electron chi connectivity index (χ2n) is 0.910. The second-order valence-corrected chi connectivity index (χ2v) is 1.79. The van der Waals surface area contributed by atoms with Crippen LogP contribution >= 0.6 is 11.9 Å². The molecule has 2 nitrogen and oxygen atoms in total. The van der Waals surface area contributed by atoms with E-state index in [0.717, 1.165) is 0 Å². The zero-order chi connectivity index (χ0) is 5.54. The predicted octanol–water partition coefficient (Wildman–Crippen LogP) is 0.988. The first-order valence-electron chi connectivity index (χ1n) is 1.93. The molecule has 0 unspecified atom stereocenters. The van der Waals surface area contributed by atoms with Gasteiger partial charge in [0, 0.05) is 12.0 Å². The molecule has 1 aliphatic rings. The molecule has 0 aromatic carbocycles. The van der Waals surface area contributed by atoms with Crippen LogP contribution in [0.15, 0.2) is 4.40 Å². The molecule has 1 heterocycles. The van der Waals surface area contributed by atoms with Crippen molar-refractivity contribution in [3.8, 4) is 0 Å². The molecule has 0 saturated carbocycles. The van der Waals surface area contributed by atoms with Gasteiger partial charge in [0.05, 0.1) is 0 Å². The Bertz CT molecular complexity index is 62.0. The molecule has 4 heteroatoms. The van der Waals surface area contributed by atoms with Crippen LogP contribution in [0.25, 0.3) is 0 Å². The van der Waals surface area contributed by atoms with E-state index < -0.39 is 0 Å². The van der Waals surface area contributed by atoms with E-state index in [1.807, 2.05) is 6.21 Å². The summed E-state index contributed by atoms with van der Waals surface area (Å²) < 4.78 is 12.2. The Kier molecular flexibility index (Phi) is 6.85. The summed E-state index contributed by atoms with van der Waals surface area (Å²) in [5, 5.41) is 0. The molecule has 0 aromatic rings. The summed E-state index contributed by atoms with van der Waals surface area (Å²) >= 11 is 1.77. The summed E-state index contributed by atoms with van der Waals surface area (Å²) in [7, 11) is 0. The van der Waals surface area contributed by atoms with Crippen LogP contribution in [0, 0.1) is 0 Å². The van der Waals surface area contributed by atoms with Crippen molar-refractivity contribution in [2.45, 2.75) is 6.42 Å².